The third-order valence-electron chi connectivity index (χ3n) is 2.89. The van der Waals surface area contributed by atoms with Crippen LogP contribution in [0.4, 0.5) is 10.2 Å². The zero-order valence-electron chi connectivity index (χ0n) is 11.8. The first-order valence-corrected chi connectivity index (χ1v) is 6.78. The van der Waals surface area contributed by atoms with E-state index in [1.54, 1.807) is 19.1 Å². The van der Waals surface area contributed by atoms with Gasteiger partial charge < -0.3 is 10.1 Å². The number of aromatic nitrogens is 1. The summed E-state index contributed by atoms with van der Waals surface area (Å²) in [5.41, 5.74) is 1.42. The summed E-state index contributed by atoms with van der Waals surface area (Å²) >= 11 is 0. The van der Waals surface area contributed by atoms with Crippen molar-refractivity contribution in [3.8, 4) is 5.75 Å². The van der Waals surface area contributed by atoms with Gasteiger partial charge in [-0.15, -0.1) is 0 Å². The van der Waals surface area contributed by atoms with Gasteiger partial charge in [0.2, 0.25) is 0 Å². The van der Waals surface area contributed by atoms with Crippen LogP contribution < -0.4 is 10.1 Å². The van der Waals surface area contributed by atoms with E-state index in [0.717, 1.165) is 24.5 Å². The molecule has 2 aromatic rings. The minimum absolute atomic E-state index is 0.256. The van der Waals surface area contributed by atoms with E-state index in [-0.39, 0.29) is 5.82 Å². The lowest BCUT2D eigenvalue weighted by molar-refractivity contribution is 0.300. The summed E-state index contributed by atoms with van der Waals surface area (Å²) in [5, 5.41) is 3.22. The maximum absolute atomic E-state index is 13.4. The fraction of sp³-hybridized carbons (Fsp3) is 0.312. The van der Waals surface area contributed by atoms with Crippen LogP contribution in [0.1, 0.15) is 24.6 Å². The second-order valence-electron chi connectivity index (χ2n) is 4.64. The quantitative estimate of drug-likeness (QED) is 0.866. The molecule has 3 nitrogen and oxygen atoms in total. The Labute approximate surface area is 118 Å². The van der Waals surface area contributed by atoms with Crippen molar-refractivity contribution in [2.24, 2.45) is 0 Å². The van der Waals surface area contributed by atoms with Crippen molar-refractivity contribution < 1.29 is 9.13 Å². The molecule has 1 aromatic heterocycles. The molecule has 0 radical (unpaired) electrons. The number of rotatable bonds is 6. The fourth-order valence-electron chi connectivity index (χ4n) is 1.73. The number of pyridine rings is 1. The molecule has 0 unspecified atom stereocenters. The van der Waals surface area contributed by atoms with Crippen LogP contribution in [-0.4, -0.2) is 11.5 Å². The van der Waals surface area contributed by atoms with Gasteiger partial charge >= 0.3 is 0 Å². The molecule has 0 saturated heterocycles. The summed E-state index contributed by atoms with van der Waals surface area (Å²) < 4.78 is 19.0. The Kier molecular flexibility index (Phi) is 4.93. The number of hydrogen-bond acceptors (Lipinski definition) is 3. The number of benzene rings is 1. The monoisotopic (exact) mass is 274 g/mol. The van der Waals surface area contributed by atoms with Crippen molar-refractivity contribution in [2.45, 2.75) is 26.9 Å². The van der Waals surface area contributed by atoms with Crippen LogP contribution in [0.2, 0.25) is 0 Å². The highest BCUT2D eigenvalue weighted by atomic mass is 19.1. The Balaban J connectivity index is 1.97. The van der Waals surface area contributed by atoms with Gasteiger partial charge in [0.15, 0.2) is 0 Å². The van der Waals surface area contributed by atoms with Crippen molar-refractivity contribution in [1.82, 2.24) is 4.98 Å². The first-order chi connectivity index (χ1) is 9.69. The van der Waals surface area contributed by atoms with Gasteiger partial charge in [-0.2, -0.15) is 0 Å². The van der Waals surface area contributed by atoms with Gasteiger partial charge in [0.25, 0.3) is 0 Å². The molecule has 2 rings (SSSR count). The second-order valence-corrected chi connectivity index (χ2v) is 4.64. The Hall–Kier alpha value is -2.10. The standard InChI is InChI=1S/C16H19FN2O/c1-3-9-18-16-6-4-5-13(19-16)11-20-14-8-7-12(2)15(17)10-14/h4-8,10H,3,9,11H2,1-2H3,(H,18,19). The van der Waals surface area contributed by atoms with E-state index in [1.807, 2.05) is 18.2 Å². The third kappa shape index (κ3) is 3.95. The van der Waals surface area contributed by atoms with Crippen LogP contribution >= 0.6 is 0 Å². The van der Waals surface area contributed by atoms with E-state index in [4.69, 9.17) is 4.74 Å². The summed E-state index contributed by atoms with van der Waals surface area (Å²) in [5.74, 6) is 1.10. The zero-order valence-corrected chi connectivity index (χ0v) is 11.8. The third-order valence-corrected chi connectivity index (χ3v) is 2.89. The number of aryl methyl sites for hydroxylation is 1. The maximum Gasteiger partial charge on any atom is 0.130 e. The van der Waals surface area contributed by atoms with Crippen LogP contribution in [-0.2, 0) is 6.61 Å². The molecule has 0 aliphatic rings. The van der Waals surface area contributed by atoms with Crippen molar-refractivity contribution in [1.29, 1.82) is 0 Å². The minimum Gasteiger partial charge on any atom is -0.487 e. The predicted molar refractivity (Wildman–Crippen MR) is 78.5 cm³/mol. The largest absolute Gasteiger partial charge is 0.487 e. The minimum atomic E-state index is -0.256. The topological polar surface area (TPSA) is 34.1 Å². The average Bonchev–Trinajstić information content (AvgIpc) is 2.47. The molecule has 0 bridgehead atoms. The molecule has 1 aromatic carbocycles. The fourth-order valence-corrected chi connectivity index (χ4v) is 1.73. The zero-order chi connectivity index (χ0) is 14.4. The van der Waals surface area contributed by atoms with Gasteiger partial charge in [-0.05, 0) is 37.1 Å². The van der Waals surface area contributed by atoms with Crippen LogP contribution in [0, 0.1) is 12.7 Å². The van der Waals surface area contributed by atoms with Crippen molar-refractivity contribution in [2.75, 3.05) is 11.9 Å². The molecule has 4 heteroatoms. The lowest BCUT2D eigenvalue weighted by atomic mass is 10.2. The van der Waals surface area contributed by atoms with Crippen molar-refractivity contribution in [3.05, 3.63) is 53.5 Å². The highest BCUT2D eigenvalue weighted by molar-refractivity contribution is 5.35. The van der Waals surface area contributed by atoms with E-state index in [2.05, 4.69) is 17.2 Å². The maximum atomic E-state index is 13.4. The van der Waals surface area contributed by atoms with E-state index in [9.17, 15) is 4.39 Å². The molecular formula is C16H19FN2O. The molecule has 1 N–H and O–H groups in total. The first-order valence-electron chi connectivity index (χ1n) is 6.78. The Morgan fingerprint density at radius 2 is 2.10 bits per heavy atom. The molecule has 1 heterocycles. The highest BCUT2D eigenvalue weighted by Gasteiger charge is 2.02. The van der Waals surface area contributed by atoms with Crippen molar-refractivity contribution in [3.63, 3.8) is 0 Å². The average molecular weight is 274 g/mol. The molecule has 106 valence electrons. The molecule has 0 aliphatic carbocycles. The van der Waals surface area contributed by atoms with Crippen LogP contribution in [0.5, 0.6) is 5.75 Å². The highest BCUT2D eigenvalue weighted by Crippen LogP contribution is 2.17. The Bertz CT molecular complexity index is 572. The van der Waals surface area contributed by atoms with E-state index in [1.165, 1.54) is 6.07 Å². The molecule has 0 aliphatic heterocycles. The molecule has 20 heavy (non-hydrogen) atoms. The molecule has 0 amide bonds. The molecule has 0 spiro atoms. The predicted octanol–water partition coefficient (Wildman–Crippen LogP) is 3.93. The van der Waals surface area contributed by atoms with Crippen LogP contribution in [0.25, 0.3) is 0 Å². The lowest BCUT2D eigenvalue weighted by Crippen LogP contribution is -2.05. The number of nitrogens with zero attached hydrogens (tertiary/aromatic N) is 1. The molecule has 0 fully saturated rings. The van der Waals surface area contributed by atoms with Crippen molar-refractivity contribution >= 4 is 5.82 Å². The van der Waals surface area contributed by atoms with Gasteiger partial charge in [-0.3, -0.25) is 0 Å². The smallest absolute Gasteiger partial charge is 0.130 e. The molecule has 0 saturated carbocycles. The summed E-state index contributed by atoms with van der Waals surface area (Å²) in [4.78, 5) is 4.44. The van der Waals surface area contributed by atoms with Gasteiger partial charge in [-0.1, -0.05) is 19.1 Å². The van der Waals surface area contributed by atoms with Crippen LogP contribution in [0.15, 0.2) is 36.4 Å². The number of nitrogens with one attached hydrogen (secondary N) is 1. The van der Waals surface area contributed by atoms with Gasteiger partial charge in [-0.25, -0.2) is 9.37 Å². The molecular weight excluding hydrogens is 255 g/mol. The second kappa shape index (κ2) is 6.89. The Morgan fingerprint density at radius 3 is 2.85 bits per heavy atom. The number of hydrogen-bond donors (Lipinski definition) is 1. The summed E-state index contributed by atoms with van der Waals surface area (Å²) in [6.07, 6.45) is 1.05. The van der Waals surface area contributed by atoms with Gasteiger partial charge in [0.05, 0.1) is 5.69 Å². The lowest BCUT2D eigenvalue weighted by Gasteiger charge is -2.09. The summed E-state index contributed by atoms with van der Waals surface area (Å²) in [7, 11) is 0. The Morgan fingerprint density at radius 1 is 1.25 bits per heavy atom. The van der Waals surface area contributed by atoms with E-state index < -0.39 is 0 Å². The molecule has 0 atom stereocenters. The first kappa shape index (κ1) is 14.3. The van der Waals surface area contributed by atoms with Gasteiger partial charge in [0.1, 0.15) is 24.0 Å². The number of anilines is 1. The number of ether oxygens (including phenoxy) is 1. The van der Waals surface area contributed by atoms with Crippen LogP contribution in [0.3, 0.4) is 0 Å². The number of halogens is 1. The summed E-state index contributed by atoms with van der Waals surface area (Å²) in [6, 6.07) is 10.6. The van der Waals surface area contributed by atoms with Gasteiger partial charge in [0, 0.05) is 12.6 Å². The SMILES string of the molecule is CCCNc1cccc(COc2ccc(C)c(F)c2)n1. The van der Waals surface area contributed by atoms with E-state index in [0.29, 0.717) is 17.9 Å². The summed E-state index contributed by atoms with van der Waals surface area (Å²) in [6.45, 7) is 5.04. The van der Waals surface area contributed by atoms with E-state index >= 15 is 0 Å². The normalized spacial score (nSPS) is 10.3.